The average molecular weight is 300 g/mol. The molecule has 1 aliphatic carbocycles. The number of ether oxygens (including phenoxy) is 2. The molecule has 17 heavy (non-hydrogen) atoms. The molecule has 2 aliphatic rings. The summed E-state index contributed by atoms with van der Waals surface area (Å²) < 4.78 is 11.5. The third-order valence-electron chi connectivity index (χ3n) is 3.75. The molecule has 0 radical (unpaired) electrons. The Hall–Kier alpha value is -0.940. The number of hydrogen-bond acceptors (Lipinski definition) is 4. The highest BCUT2D eigenvalue weighted by Gasteiger charge is 2.52. The molecular weight excluding hydrogens is 286 g/mol. The molecule has 0 bridgehead atoms. The zero-order chi connectivity index (χ0) is 12.2. The Kier molecular flexibility index (Phi) is 2.32. The highest BCUT2D eigenvalue weighted by molar-refractivity contribution is 9.10. The van der Waals surface area contributed by atoms with Crippen molar-refractivity contribution in [3.8, 4) is 17.2 Å². The number of halogens is 1. The van der Waals surface area contributed by atoms with Crippen molar-refractivity contribution in [1.29, 1.82) is 0 Å². The molecule has 3 N–H and O–H groups in total. The van der Waals surface area contributed by atoms with Gasteiger partial charge < -0.3 is 20.3 Å². The average Bonchev–Trinajstić information content (AvgIpc) is 2.95. The summed E-state index contributed by atoms with van der Waals surface area (Å²) >= 11 is 3.34. The quantitative estimate of drug-likeness (QED) is 0.879. The van der Waals surface area contributed by atoms with E-state index in [4.69, 9.17) is 15.2 Å². The van der Waals surface area contributed by atoms with Gasteiger partial charge in [-0.3, -0.25) is 0 Å². The van der Waals surface area contributed by atoms with E-state index in [1.807, 2.05) is 6.92 Å². The first kappa shape index (κ1) is 11.2. The lowest BCUT2D eigenvalue weighted by molar-refractivity contribution is 0.172. The summed E-state index contributed by atoms with van der Waals surface area (Å²) in [5, 5.41) is 10.2. The summed E-state index contributed by atoms with van der Waals surface area (Å²) in [6.07, 6.45) is 1.95. The molecule has 1 unspecified atom stereocenters. The van der Waals surface area contributed by atoms with Gasteiger partial charge in [0.1, 0.15) is 5.75 Å². The lowest BCUT2D eigenvalue weighted by Crippen LogP contribution is -2.31. The topological polar surface area (TPSA) is 64.7 Å². The Morgan fingerprint density at radius 2 is 2.18 bits per heavy atom. The summed E-state index contributed by atoms with van der Waals surface area (Å²) in [6.45, 7) is 2.17. The third-order valence-corrected chi connectivity index (χ3v) is 4.35. The molecule has 1 aromatic carbocycles. The predicted molar refractivity (Wildman–Crippen MR) is 66.5 cm³/mol. The molecule has 0 saturated heterocycles. The Morgan fingerprint density at radius 3 is 2.76 bits per heavy atom. The van der Waals surface area contributed by atoms with Crippen LogP contribution in [-0.2, 0) is 5.41 Å². The first-order chi connectivity index (χ1) is 8.06. The van der Waals surface area contributed by atoms with Crippen LogP contribution >= 0.6 is 15.9 Å². The Labute approximate surface area is 108 Å². The molecule has 1 fully saturated rings. The summed E-state index contributed by atoms with van der Waals surface area (Å²) in [7, 11) is 0. The van der Waals surface area contributed by atoms with Crippen molar-refractivity contribution in [3.63, 3.8) is 0 Å². The van der Waals surface area contributed by atoms with Crippen LogP contribution in [-0.4, -0.2) is 17.9 Å². The Balaban J connectivity index is 2.22. The molecule has 3 rings (SSSR count). The van der Waals surface area contributed by atoms with Crippen molar-refractivity contribution in [3.05, 3.63) is 16.1 Å². The zero-order valence-electron chi connectivity index (χ0n) is 9.50. The lowest BCUT2D eigenvalue weighted by Gasteiger charge is -2.23. The van der Waals surface area contributed by atoms with Crippen molar-refractivity contribution in [1.82, 2.24) is 0 Å². The van der Waals surface area contributed by atoms with Crippen LogP contribution < -0.4 is 15.2 Å². The van der Waals surface area contributed by atoms with Gasteiger partial charge >= 0.3 is 0 Å². The minimum atomic E-state index is -0.161. The fourth-order valence-corrected chi connectivity index (χ4v) is 2.94. The van der Waals surface area contributed by atoms with Crippen LogP contribution in [0.2, 0.25) is 0 Å². The summed E-state index contributed by atoms with van der Waals surface area (Å²) in [6, 6.07) is 1.72. The Morgan fingerprint density at radius 1 is 1.47 bits per heavy atom. The molecule has 1 aliphatic heterocycles. The van der Waals surface area contributed by atoms with E-state index in [2.05, 4.69) is 15.9 Å². The zero-order valence-corrected chi connectivity index (χ0v) is 11.1. The molecule has 0 spiro atoms. The number of hydrogen-bond donors (Lipinski definition) is 2. The van der Waals surface area contributed by atoms with Gasteiger partial charge in [0.2, 0.25) is 6.79 Å². The smallest absolute Gasteiger partial charge is 0.231 e. The van der Waals surface area contributed by atoms with E-state index >= 15 is 0 Å². The first-order valence-electron chi connectivity index (χ1n) is 5.63. The fourth-order valence-electron chi connectivity index (χ4n) is 2.53. The highest BCUT2D eigenvalue weighted by Crippen LogP contribution is 2.60. The maximum atomic E-state index is 10.2. The van der Waals surface area contributed by atoms with Crippen molar-refractivity contribution >= 4 is 15.9 Å². The van der Waals surface area contributed by atoms with Crippen molar-refractivity contribution in [2.24, 2.45) is 5.73 Å². The van der Waals surface area contributed by atoms with Gasteiger partial charge in [-0.25, -0.2) is 0 Å². The van der Waals surface area contributed by atoms with Gasteiger partial charge in [-0.05, 0) is 35.7 Å². The standard InChI is InChI=1S/C12H14BrNO3/c1-6(14)12(2-3-12)9-10(15)7(13)4-8-11(9)17-5-16-8/h4,6,15H,2-3,5,14H2,1H3. The van der Waals surface area contributed by atoms with Gasteiger partial charge in [-0.15, -0.1) is 0 Å². The van der Waals surface area contributed by atoms with E-state index in [1.165, 1.54) is 0 Å². The summed E-state index contributed by atoms with van der Waals surface area (Å²) in [5.74, 6) is 1.56. The van der Waals surface area contributed by atoms with E-state index in [1.54, 1.807) is 6.07 Å². The Bertz CT molecular complexity index is 483. The summed E-state index contributed by atoms with van der Waals surface area (Å²) in [5.41, 5.74) is 6.69. The molecule has 4 nitrogen and oxygen atoms in total. The summed E-state index contributed by atoms with van der Waals surface area (Å²) in [4.78, 5) is 0. The van der Waals surface area contributed by atoms with Crippen LogP contribution in [0.4, 0.5) is 0 Å². The second-order valence-electron chi connectivity index (χ2n) is 4.76. The van der Waals surface area contributed by atoms with E-state index in [0.717, 1.165) is 18.4 Å². The monoisotopic (exact) mass is 299 g/mol. The van der Waals surface area contributed by atoms with Gasteiger partial charge in [0.15, 0.2) is 11.5 Å². The molecule has 0 aromatic heterocycles. The number of aromatic hydroxyl groups is 1. The van der Waals surface area contributed by atoms with E-state index in [0.29, 0.717) is 16.0 Å². The molecule has 1 aromatic rings. The maximum Gasteiger partial charge on any atom is 0.231 e. The normalized spacial score (nSPS) is 21.4. The van der Waals surface area contributed by atoms with Crippen LogP contribution in [0.5, 0.6) is 17.2 Å². The van der Waals surface area contributed by atoms with Gasteiger partial charge in [0.05, 0.1) is 4.47 Å². The van der Waals surface area contributed by atoms with E-state index < -0.39 is 0 Å². The molecule has 92 valence electrons. The number of phenolic OH excluding ortho intramolecular Hbond substituents is 1. The second kappa shape index (κ2) is 3.53. The number of nitrogens with two attached hydrogens (primary N) is 1. The third kappa shape index (κ3) is 1.45. The van der Waals surface area contributed by atoms with Gasteiger partial charge in [-0.2, -0.15) is 0 Å². The van der Waals surface area contributed by atoms with E-state index in [9.17, 15) is 5.11 Å². The number of phenols is 1. The number of rotatable bonds is 2. The number of benzene rings is 1. The van der Waals surface area contributed by atoms with Crippen LogP contribution in [0.3, 0.4) is 0 Å². The molecule has 0 amide bonds. The van der Waals surface area contributed by atoms with Crippen LogP contribution in [0.15, 0.2) is 10.5 Å². The molecule has 5 heteroatoms. The van der Waals surface area contributed by atoms with Crippen LogP contribution in [0, 0.1) is 0 Å². The highest BCUT2D eigenvalue weighted by atomic mass is 79.9. The molecule has 1 heterocycles. The molecular formula is C12H14BrNO3. The predicted octanol–water partition coefficient (Wildman–Crippen LogP) is 2.26. The molecule has 1 atom stereocenters. The SMILES string of the molecule is CC(N)C1(c2c(O)c(Br)cc3c2OCO3)CC1. The van der Waals surface area contributed by atoms with Gasteiger partial charge in [0.25, 0.3) is 0 Å². The minimum absolute atomic E-state index is 0.0176. The minimum Gasteiger partial charge on any atom is -0.506 e. The second-order valence-corrected chi connectivity index (χ2v) is 5.61. The number of fused-ring (bicyclic) bond motifs is 1. The fraction of sp³-hybridized carbons (Fsp3) is 0.500. The van der Waals surface area contributed by atoms with Gasteiger partial charge in [0, 0.05) is 23.1 Å². The molecule has 1 saturated carbocycles. The van der Waals surface area contributed by atoms with E-state index in [-0.39, 0.29) is 24.0 Å². The van der Waals surface area contributed by atoms with Crippen molar-refractivity contribution < 1.29 is 14.6 Å². The maximum absolute atomic E-state index is 10.2. The van der Waals surface area contributed by atoms with Crippen LogP contribution in [0.1, 0.15) is 25.3 Å². The van der Waals surface area contributed by atoms with Crippen molar-refractivity contribution in [2.75, 3.05) is 6.79 Å². The van der Waals surface area contributed by atoms with Crippen molar-refractivity contribution in [2.45, 2.75) is 31.2 Å². The first-order valence-corrected chi connectivity index (χ1v) is 6.43. The lowest BCUT2D eigenvalue weighted by atomic mass is 9.87. The van der Waals surface area contributed by atoms with Gasteiger partial charge in [-0.1, -0.05) is 0 Å². The largest absolute Gasteiger partial charge is 0.506 e. The van der Waals surface area contributed by atoms with Crippen LogP contribution in [0.25, 0.3) is 0 Å².